The van der Waals surface area contributed by atoms with E-state index in [0.29, 0.717) is 0 Å². The second-order valence-corrected chi connectivity index (χ2v) is 5.46. The van der Waals surface area contributed by atoms with Gasteiger partial charge in [-0.2, -0.15) is 0 Å². The summed E-state index contributed by atoms with van der Waals surface area (Å²) in [7, 11) is 0. The Morgan fingerprint density at radius 2 is 1.76 bits per heavy atom. The van der Waals surface area contributed by atoms with Crippen molar-refractivity contribution in [3.63, 3.8) is 0 Å². The molecular formula is C14H15BrO2. The number of rotatable bonds is 1. The molecule has 0 saturated carbocycles. The first-order chi connectivity index (χ1) is 8.27. The maximum atomic E-state index is 5.71. The lowest BCUT2D eigenvalue weighted by Crippen LogP contribution is -2.31. The molecule has 1 aliphatic carbocycles. The third-order valence-corrected chi connectivity index (χ3v) is 3.99. The van der Waals surface area contributed by atoms with Crippen molar-refractivity contribution in [3.05, 3.63) is 40.4 Å². The molecule has 2 nitrogen and oxygen atoms in total. The van der Waals surface area contributed by atoms with E-state index in [2.05, 4.69) is 46.3 Å². The maximum absolute atomic E-state index is 5.71. The van der Waals surface area contributed by atoms with Gasteiger partial charge in [0.05, 0.1) is 13.2 Å². The fourth-order valence-electron chi connectivity index (χ4n) is 2.49. The molecule has 0 atom stereocenters. The summed E-state index contributed by atoms with van der Waals surface area (Å²) < 4.78 is 12.5. The number of hydrogen-bond acceptors (Lipinski definition) is 2. The Bertz CT molecular complexity index is 430. The largest absolute Gasteiger partial charge is 0.347 e. The van der Waals surface area contributed by atoms with Gasteiger partial charge >= 0.3 is 0 Å². The van der Waals surface area contributed by atoms with Gasteiger partial charge in [-0.25, -0.2) is 0 Å². The first kappa shape index (κ1) is 11.5. The Balaban J connectivity index is 1.78. The van der Waals surface area contributed by atoms with Crippen LogP contribution in [-0.4, -0.2) is 19.0 Å². The van der Waals surface area contributed by atoms with Crippen LogP contribution in [0.3, 0.4) is 0 Å². The molecule has 0 aromatic heterocycles. The van der Waals surface area contributed by atoms with Crippen molar-refractivity contribution in [3.8, 4) is 0 Å². The van der Waals surface area contributed by atoms with Gasteiger partial charge in [0.1, 0.15) is 0 Å². The summed E-state index contributed by atoms with van der Waals surface area (Å²) in [5.41, 5.74) is 2.71. The maximum Gasteiger partial charge on any atom is 0.172 e. The summed E-state index contributed by atoms with van der Waals surface area (Å²) in [6, 6.07) is 8.49. The molecule has 0 N–H and O–H groups in total. The lowest BCUT2D eigenvalue weighted by Gasteiger charge is -2.30. The standard InChI is InChI=1S/C14H15BrO2/c15-13-3-1-11(2-4-13)12-5-7-14(8-6-12)16-9-10-17-14/h1-5H,6-10H2. The van der Waals surface area contributed by atoms with Crippen LogP contribution < -0.4 is 0 Å². The molecule has 3 heteroatoms. The van der Waals surface area contributed by atoms with Crippen LogP contribution in [0.15, 0.2) is 34.8 Å². The summed E-state index contributed by atoms with van der Waals surface area (Å²) in [5, 5.41) is 0. The van der Waals surface area contributed by atoms with Crippen LogP contribution in [0, 0.1) is 0 Å². The van der Waals surface area contributed by atoms with Crippen molar-refractivity contribution in [1.29, 1.82) is 0 Å². The molecule has 90 valence electrons. The fourth-order valence-corrected chi connectivity index (χ4v) is 2.76. The number of halogens is 1. The van der Waals surface area contributed by atoms with E-state index in [-0.39, 0.29) is 5.79 Å². The number of hydrogen-bond donors (Lipinski definition) is 0. The zero-order valence-corrected chi connectivity index (χ0v) is 11.2. The van der Waals surface area contributed by atoms with Crippen molar-refractivity contribution in [1.82, 2.24) is 0 Å². The van der Waals surface area contributed by atoms with Crippen molar-refractivity contribution < 1.29 is 9.47 Å². The molecule has 0 bridgehead atoms. The lowest BCUT2D eigenvalue weighted by atomic mass is 9.90. The summed E-state index contributed by atoms with van der Waals surface area (Å²) in [6.45, 7) is 1.48. The topological polar surface area (TPSA) is 18.5 Å². The van der Waals surface area contributed by atoms with Gasteiger partial charge in [-0.1, -0.05) is 34.1 Å². The number of benzene rings is 1. The quantitative estimate of drug-likeness (QED) is 0.785. The van der Waals surface area contributed by atoms with Gasteiger partial charge in [0.15, 0.2) is 5.79 Å². The Kier molecular flexibility index (Phi) is 3.07. The Hall–Kier alpha value is -0.640. The van der Waals surface area contributed by atoms with Gasteiger partial charge in [-0.3, -0.25) is 0 Å². The highest BCUT2D eigenvalue weighted by Gasteiger charge is 2.37. The Morgan fingerprint density at radius 1 is 1.06 bits per heavy atom. The average molecular weight is 295 g/mol. The molecule has 1 aromatic rings. The Morgan fingerprint density at radius 3 is 2.35 bits per heavy atom. The van der Waals surface area contributed by atoms with E-state index < -0.39 is 0 Å². The molecule has 2 aliphatic rings. The summed E-state index contributed by atoms with van der Waals surface area (Å²) >= 11 is 3.46. The van der Waals surface area contributed by atoms with Crippen LogP contribution in [0.1, 0.15) is 24.8 Å². The normalized spacial score (nSPS) is 22.8. The Labute approximate surface area is 110 Å². The van der Waals surface area contributed by atoms with E-state index in [9.17, 15) is 0 Å². The van der Waals surface area contributed by atoms with E-state index in [1.807, 2.05) is 0 Å². The fraction of sp³-hybridized carbons (Fsp3) is 0.429. The lowest BCUT2D eigenvalue weighted by molar-refractivity contribution is -0.159. The first-order valence-electron chi connectivity index (χ1n) is 6.00. The van der Waals surface area contributed by atoms with Crippen molar-refractivity contribution in [2.24, 2.45) is 0 Å². The molecule has 1 fully saturated rings. The van der Waals surface area contributed by atoms with Gasteiger partial charge < -0.3 is 9.47 Å². The average Bonchev–Trinajstić information content (AvgIpc) is 2.80. The van der Waals surface area contributed by atoms with Gasteiger partial charge in [0.2, 0.25) is 0 Å². The van der Waals surface area contributed by atoms with Crippen LogP contribution in [0.2, 0.25) is 0 Å². The summed E-state index contributed by atoms with van der Waals surface area (Å²) in [6.07, 6.45) is 5.13. The van der Waals surface area contributed by atoms with Gasteiger partial charge in [-0.05, 0) is 29.7 Å². The molecule has 1 heterocycles. The van der Waals surface area contributed by atoms with E-state index in [0.717, 1.165) is 36.9 Å². The predicted octanol–water partition coefficient (Wildman–Crippen LogP) is 3.76. The molecule has 1 saturated heterocycles. The number of ether oxygens (including phenoxy) is 2. The van der Waals surface area contributed by atoms with Crippen LogP contribution in [0.25, 0.3) is 5.57 Å². The third kappa shape index (κ3) is 2.32. The van der Waals surface area contributed by atoms with E-state index in [1.54, 1.807) is 0 Å². The molecule has 17 heavy (non-hydrogen) atoms. The van der Waals surface area contributed by atoms with Gasteiger partial charge in [-0.15, -0.1) is 0 Å². The molecule has 1 spiro atoms. The molecule has 0 unspecified atom stereocenters. The van der Waals surface area contributed by atoms with Gasteiger partial charge in [0.25, 0.3) is 0 Å². The second kappa shape index (κ2) is 4.56. The highest BCUT2D eigenvalue weighted by molar-refractivity contribution is 9.10. The molecule has 0 amide bonds. The van der Waals surface area contributed by atoms with Crippen LogP contribution in [0.4, 0.5) is 0 Å². The van der Waals surface area contributed by atoms with Crippen molar-refractivity contribution >= 4 is 21.5 Å². The highest BCUT2D eigenvalue weighted by Crippen LogP contribution is 2.38. The molecule has 0 radical (unpaired) electrons. The summed E-state index contributed by atoms with van der Waals surface area (Å²) in [4.78, 5) is 0. The molecule has 1 aliphatic heterocycles. The third-order valence-electron chi connectivity index (χ3n) is 3.46. The summed E-state index contributed by atoms with van der Waals surface area (Å²) in [5.74, 6) is -0.307. The van der Waals surface area contributed by atoms with Crippen LogP contribution in [-0.2, 0) is 9.47 Å². The first-order valence-corrected chi connectivity index (χ1v) is 6.80. The highest BCUT2D eigenvalue weighted by atomic mass is 79.9. The number of allylic oxidation sites excluding steroid dienone is 1. The molecule has 3 rings (SSSR count). The van der Waals surface area contributed by atoms with E-state index in [1.165, 1.54) is 11.1 Å². The van der Waals surface area contributed by atoms with E-state index in [4.69, 9.17) is 9.47 Å². The minimum Gasteiger partial charge on any atom is -0.347 e. The SMILES string of the molecule is Brc1ccc(C2=CCC3(CC2)OCCO3)cc1. The minimum atomic E-state index is -0.307. The second-order valence-electron chi connectivity index (χ2n) is 4.55. The minimum absolute atomic E-state index is 0.307. The zero-order chi connectivity index (χ0) is 11.7. The molecule has 1 aromatic carbocycles. The van der Waals surface area contributed by atoms with Crippen molar-refractivity contribution in [2.75, 3.05) is 13.2 Å². The van der Waals surface area contributed by atoms with Crippen LogP contribution in [0.5, 0.6) is 0 Å². The van der Waals surface area contributed by atoms with Gasteiger partial charge in [0, 0.05) is 17.3 Å². The predicted molar refractivity (Wildman–Crippen MR) is 70.6 cm³/mol. The smallest absolute Gasteiger partial charge is 0.172 e. The molecular weight excluding hydrogens is 280 g/mol. The van der Waals surface area contributed by atoms with Crippen molar-refractivity contribution in [2.45, 2.75) is 25.0 Å². The van der Waals surface area contributed by atoms with Crippen LogP contribution >= 0.6 is 15.9 Å². The van der Waals surface area contributed by atoms with E-state index >= 15 is 0 Å². The monoisotopic (exact) mass is 294 g/mol. The zero-order valence-electron chi connectivity index (χ0n) is 9.62.